The van der Waals surface area contributed by atoms with Gasteiger partial charge in [0.25, 0.3) is 0 Å². The second kappa shape index (κ2) is 6.64. The van der Waals surface area contributed by atoms with Crippen LogP contribution >= 0.6 is 11.8 Å². The molecule has 1 aromatic heterocycles. The minimum absolute atomic E-state index is 0.158. The van der Waals surface area contributed by atoms with E-state index < -0.39 is 0 Å². The molecule has 5 heteroatoms. The number of anilines is 1. The van der Waals surface area contributed by atoms with Gasteiger partial charge in [0, 0.05) is 18.5 Å². The van der Waals surface area contributed by atoms with E-state index in [1.807, 2.05) is 23.9 Å². The predicted molar refractivity (Wildman–Crippen MR) is 75.8 cm³/mol. The third kappa shape index (κ3) is 4.56. The topological polar surface area (TPSA) is 54.0 Å². The van der Waals surface area contributed by atoms with Crippen molar-refractivity contribution in [3.63, 3.8) is 0 Å². The largest absolute Gasteiger partial charge is 0.338 e. The molecule has 98 valence electrons. The standard InChI is InChI=1S/C13H19N3OS/c1-2-18-9-11-5-6-14-12(7-11)16-13(17)15-8-10-3-4-10/h5-7,10H,2-4,8-9H2,1H3,(H2,14,15,16,17). The highest BCUT2D eigenvalue weighted by molar-refractivity contribution is 7.98. The summed E-state index contributed by atoms with van der Waals surface area (Å²) < 4.78 is 0. The molecule has 2 amide bonds. The highest BCUT2D eigenvalue weighted by Crippen LogP contribution is 2.27. The van der Waals surface area contributed by atoms with Crippen LogP contribution in [0.4, 0.5) is 10.6 Å². The monoisotopic (exact) mass is 265 g/mol. The molecule has 1 saturated carbocycles. The Kier molecular flexibility index (Phi) is 4.87. The van der Waals surface area contributed by atoms with Gasteiger partial charge in [-0.2, -0.15) is 11.8 Å². The van der Waals surface area contributed by atoms with Crippen LogP contribution in [0, 0.1) is 5.92 Å². The average molecular weight is 265 g/mol. The molecule has 0 saturated heterocycles. The van der Waals surface area contributed by atoms with Gasteiger partial charge in [-0.1, -0.05) is 6.92 Å². The minimum atomic E-state index is -0.158. The van der Waals surface area contributed by atoms with Crippen LogP contribution in [0.25, 0.3) is 0 Å². The van der Waals surface area contributed by atoms with Crippen LogP contribution in [-0.2, 0) is 5.75 Å². The minimum Gasteiger partial charge on any atom is -0.338 e. The Hall–Kier alpha value is -1.23. The Bertz CT molecular complexity index is 407. The molecule has 18 heavy (non-hydrogen) atoms. The van der Waals surface area contributed by atoms with E-state index in [0.717, 1.165) is 18.1 Å². The maximum atomic E-state index is 11.6. The zero-order chi connectivity index (χ0) is 12.8. The van der Waals surface area contributed by atoms with Crippen molar-refractivity contribution in [2.24, 2.45) is 5.92 Å². The molecule has 0 radical (unpaired) electrons. The summed E-state index contributed by atoms with van der Waals surface area (Å²) in [6.45, 7) is 2.91. The quantitative estimate of drug-likeness (QED) is 0.831. The van der Waals surface area contributed by atoms with Crippen molar-refractivity contribution >= 4 is 23.6 Å². The zero-order valence-electron chi connectivity index (χ0n) is 10.6. The van der Waals surface area contributed by atoms with E-state index in [-0.39, 0.29) is 6.03 Å². The summed E-state index contributed by atoms with van der Waals surface area (Å²) in [4.78, 5) is 15.8. The number of amides is 2. The van der Waals surface area contributed by atoms with Crippen molar-refractivity contribution in [1.82, 2.24) is 10.3 Å². The van der Waals surface area contributed by atoms with Gasteiger partial charge in [0.15, 0.2) is 0 Å². The van der Waals surface area contributed by atoms with Gasteiger partial charge in [-0.15, -0.1) is 0 Å². The van der Waals surface area contributed by atoms with Gasteiger partial charge in [-0.3, -0.25) is 5.32 Å². The smallest absolute Gasteiger partial charge is 0.320 e. The average Bonchev–Trinajstić information content (AvgIpc) is 3.18. The number of thioether (sulfide) groups is 1. The first-order valence-electron chi connectivity index (χ1n) is 6.35. The first-order chi connectivity index (χ1) is 8.78. The molecule has 0 aliphatic heterocycles. The predicted octanol–water partition coefficient (Wildman–Crippen LogP) is 2.87. The molecule has 1 fully saturated rings. The molecule has 0 bridgehead atoms. The van der Waals surface area contributed by atoms with E-state index in [9.17, 15) is 4.79 Å². The molecule has 1 aromatic rings. The number of aromatic nitrogens is 1. The van der Waals surface area contributed by atoms with Gasteiger partial charge in [-0.05, 0) is 42.2 Å². The lowest BCUT2D eigenvalue weighted by Crippen LogP contribution is -2.30. The second-order valence-corrected chi connectivity index (χ2v) is 5.74. The normalized spacial score (nSPS) is 14.3. The molecule has 0 atom stereocenters. The van der Waals surface area contributed by atoms with Crippen LogP contribution in [0.2, 0.25) is 0 Å². The van der Waals surface area contributed by atoms with Crippen molar-refractivity contribution in [3.05, 3.63) is 23.9 Å². The summed E-state index contributed by atoms with van der Waals surface area (Å²) in [5.41, 5.74) is 1.19. The molecule has 0 spiro atoms. The lowest BCUT2D eigenvalue weighted by atomic mass is 10.3. The second-order valence-electron chi connectivity index (χ2n) is 4.46. The Labute approximate surface area is 112 Å². The Morgan fingerprint density at radius 1 is 1.56 bits per heavy atom. The van der Waals surface area contributed by atoms with Gasteiger partial charge >= 0.3 is 6.03 Å². The Balaban J connectivity index is 1.81. The van der Waals surface area contributed by atoms with E-state index >= 15 is 0 Å². The molecule has 4 nitrogen and oxygen atoms in total. The maximum absolute atomic E-state index is 11.6. The molecule has 2 rings (SSSR count). The number of urea groups is 1. The van der Waals surface area contributed by atoms with E-state index in [2.05, 4.69) is 22.5 Å². The number of pyridine rings is 1. The molecular formula is C13H19N3OS. The van der Waals surface area contributed by atoms with Crippen molar-refractivity contribution in [1.29, 1.82) is 0 Å². The third-order valence-corrected chi connectivity index (χ3v) is 3.73. The number of nitrogens with zero attached hydrogens (tertiary/aromatic N) is 1. The molecule has 1 aliphatic rings. The first kappa shape index (κ1) is 13.2. The van der Waals surface area contributed by atoms with Crippen LogP contribution in [0.15, 0.2) is 18.3 Å². The molecule has 1 aliphatic carbocycles. The molecule has 1 heterocycles. The molecular weight excluding hydrogens is 246 g/mol. The van der Waals surface area contributed by atoms with Crippen molar-refractivity contribution in [3.8, 4) is 0 Å². The summed E-state index contributed by atoms with van der Waals surface area (Å²) in [6.07, 6.45) is 4.21. The van der Waals surface area contributed by atoms with Gasteiger partial charge < -0.3 is 5.32 Å². The summed E-state index contributed by atoms with van der Waals surface area (Å²) >= 11 is 1.86. The van der Waals surface area contributed by atoms with Crippen molar-refractivity contribution in [2.75, 3.05) is 17.6 Å². The van der Waals surface area contributed by atoms with Crippen LogP contribution in [0.1, 0.15) is 25.3 Å². The first-order valence-corrected chi connectivity index (χ1v) is 7.51. The lowest BCUT2D eigenvalue weighted by Gasteiger charge is -2.07. The zero-order valence-corrected chi connectivity index (χ0v) is 11.4. The van der Waals surface area contributed by atoms with Gasteiger partial charge in [0.1, 0.15) is 5.82 Å². The fraction of sp³-hybridized carbons (Fsp3) is 0.538. The summed E-state index contributed by atoms with van der Waals surface area (Å²) in [6, 6.07) is 3.75. The molecule has 2 N–H and O–H groups in total. The van der Waals surface area contributed by atoms with E-state index in [4.69, 9.17) is 0 Å². The lowest BCUT2D eigenvalue weighted by molar-refractivity contribution is 0.251. The van der Waals surface area contributed by atoms with Gasteiger partial charge in [0.2, 0.25) is 0 Å². The van der Waals surface area contributed by atoms with E-state index in [1.54, 1.807) is 6.20 Å². The van der Waals surface area contributed by atoms with E-state index in [1.165, 1.54) is 18.4 Å². The summed E-state index contributed by atoms with van der Waals surface area (Å²) in [5.74, 6) is 3.36. The number of hydrogen-bond donors (Lipinski definition) is 2. The number of hydrogen-bond acceptors (Lipinski definition) is 3. The van der Waals surface area contributed by atoms with Crippen molar-refractivity contribution in [2.45, 2.75) is 25.5 Å². The Morgan fingerprint density at radius 2 is 2.39 bits per heavy atom. The highest BCUT2D eigenvalue weighted by atomic mass is 32.2. The number of rotatable bonds is 6. The van der Waals surface area contributed by atoms with Crippen LogP contribution < -0.4 is 10.6 Å². The maximum Gasteiger partial charge on any atom is 0.320 e. The summed E-state index contributed by atoms with van der Waals surface area (Å²) in [7, 11) is 0. The number of carbonyl (C=O) groups excluding carboxylic acids is 1. The molecule has 0 unspecified atom stereocenters. The molecule has 0 aromatic carbocycles. The Morgan fingerprint density at radius 3 is 3.11 bits per heavy atom. The number of nitrogens with one attached hydrogen (secondary N) is 2. The van der Waals surface area contributed by atoms with Crippen LogP contribution in [-0.4, -0.2) is 23.3 Å². The van der Waals surface area contributed by atoms with Crippen molar-refractivity contribution < 1.29 is 4.79 Å². The number of carbonyl (C=O) groups is 1. The third-order valence-electron chi connectivity index (χ3n) is 2.79. The fourth-order valence-electron chi connectivity index (χ4n) is 1.57. The van der Waals surface area contributed by atoms with Crippen LogP contribution in [0.3, 0.4) is 0 Å². The van der Waals surface area contributed by atoms with Gasteiger partial charge in [0.05, 0.1) is 0 Å². The SMILES string of the molecule is CCSCc1ccnc(NC(=O)NCC2CC2)c1. The highest BCUT2D eigenvalue weighted by Gasteiger charge is 2.21. The summed E-state index contributed by atoms with van der Waals surface area (Å²) in [5, 5.41) is 5.63. The van der Waals surface area contributed by atoms with Crippen LogP contribution in [0.5, 0.6) is 0 Å². The van der Waals surface area contributed by atoms with Gasteiger partial charge in [-0.25, -0.2) is 9.78 Å². The fourth-order valence-corrected chi connectivity index (χ4v) is 2.19. The van der Waals surface area contributed by atoms with E-state index in [0.29, 0.717) is 11.7 Å².